The molecule has 0 fully saturated rings. The van der Waals surface area contributed by atoms with Crippen LogP contribution in [0.5, 0.6) is 11.5 Å². The van der Waals surface area contributed by atoms with Gasteiger partial charge in [-0.25, -0.2) is 17.8 Å². The largest absolute Gasteiger partial charge is 0.454 e. The van der Waals surface area contributed by atoms with Crippen LogP contribution in [0.1, 0.15) is 11.1 Å². The maximum atomic E-state index is 14.4. The Morgan fingerprint density at radius 3 is 2.68 bits per heavy atom. The first-order chi connectivity index (χ1) is 17.9. The second-order valence-electron chi connectivity index (χ2n) is 7.36. The summed E-state index contributed by atoms with van der Waals surface area (Å²) in [5.74, 6) is -0.162. The zero-order chi connectivity index (χ0) is 26.4. The van der Waals surface area contributed by atoms with Crippen molar-refractivity contribution in [3.8, 4) is 28.8 Å². The van der Waals surface area contributed by atoms with Gasteiger partial charge in [0.05, 0.1) is 22.3 Å². The Hall–Kier alpha value is -4.60. The van der Waals surface area contributed by atoms with Gasteiger partial charge in [0.15, 0.2) is 10.9 Å². The molecule has 37 heavy (non-hydrogen) atoms. The molecule has 0 aliphatic heterocycles. The summed E-state index contributed by atoms with van der Waals surface area (Å²) in [6.07, 6.45) is 5.41. The van der Waals surface area contributed by atoms with Crippen LogP contribution in [0.3, 0.4) is 0 Å². The summed E-state index contributed by atoms with van der Waals surface area (Å²) < 4.78 is 48.2. The fraction of sp³-hybridized carbons (Fsp3) is 0.0400. The lowest BCUT2D eigenvalue weighted by atomic mass is 10.1. The maximum absolute atomic E-state index is 14.4. The molecule has 0 saturated heterocycles. The molecule has 9 nitrogen and oxygen atoms in total. The van der Waals surface area contributed by atoms with Gasteiger partial charge in [0.1, 0.15) is 17.6 Å². The highest BCUT2D eigenvalue weighted by atomic mass is 32.2. The van der Waals surface area contributed by atoms with E-state index in [1.807, 2.05) is 6.07 Å². The van der Waals surface area contributed by atoms with Crippen LogP contribution in [0.15, 0.2) is 77.3 Å². The number of halogens is 1. The number of hydrogen-bond acceptors (Lipinski definition) is 9. The van der Waals surface area contributed by atoms with Crippen LogP contribution >= 0.6 is 11.3 Å². The monoisotopic (exact) mass is 534 g/mol. The zero-order valence-corrected chi connectivity index (χ0v) is 20.9. The molecule has 0 unspecified atom stereocenters. The fourth-order valence-electron chi connectivity index (χ4n) is 3.36. The van der Waals surface area contributed by atoms with Gasteiger partial charge >= 0.3 is 0 Å². The van der Waals surface area contributed by atoms with Crippen molar-refractivity contribution in [3.05, 3.63) is 89.3 Å². The molecule has 3 N–H and O–H groups in total. The van der Waals surface area contributed by atoms with Crippen LogP contribution < -0.4 is 14.8 Å². The van der Waals surface area contributed by atoms with Crippen molar-refractivity contribution >= 4 is 38.4 Å². The highest BCUT2D eigenvalue weighted by Gasteiger charge is 2.20. The van der Waals surface area contributed by atoms with Crippen molar-refractivity contribution < 1.29 is 17.5 Å². The number of nitriles is 1. The molecule has 2 heterocycles. The molecule has 4 rings (SSSR count). The number of anilines is 1. The Balaban J connectivity index is 1.74. The zero-order valence-electron chi connectivity index (χ0n) is 19.3. The van der Waals surface area contributed by atoms with Crippen molar-refractivity contribution in [2.75, 3.05) is 11.8 Å². The first-order valence-electron chi connectivity index (χ1n) is 10.6. The predicted molar refractivity (Wildman–Crippen MR) is 140 cm³/mol. The highest BCUT2D eigenvalue weighted by molar-refractivity contribution is 7.93. The molecule has 0 aliphatic carbocycles. The van der Waals surface area contributed by atoms with Crippen molar-refractivity contribution in [1.82, 2.24) is 15.3 Å². The van der Waals surface area contributed by atoms with Crippen LogP contribution in [0, 0.1) is 22.6 Å². The van der Waals surface area contributed by atoms with E-state index in [0.717, 1.165) is 17.6 Å². The van der Waals surface area contributed by atoms with E-state index in [1.54, 1.807) is 36.7 Å². The van der Waals surface area contributed by atoms with Gasteiger partial charge in [-0.05, 0) is 42.5 Å². The van der Waals surface area contributed by atoms with E-state index in [0.29, 0.717) is 17.0 Å². The van der Waals surface area contributed by atoms with Crippen LogP contribution in [-0.2, 0) is 10.0 Å². The topological polar surface area (TPSA) is 141 Å². The van der Waals surface area contributed by atoms with E-state index in [2.05, 4.69) is 20.0 Å². The Morgan fingerprint density at radius 1 is 1.19 bits per heavy atom. The summed E-state index contributed by atoms with van der Waals surface area (Å²) in [4.78, 5) is 8.09. The quantitative estimate of drug-likeness (QED) is 0.256. The van der Waals surface area contributed by atoms with Crippen LogP contribution in [0.25, 0.3) is 17.0 Å². The Kier molecular flexibility index (Phi) is 7.57. The van der Waals surface area contributed by atoms with E-state index in [9.17, 15) is 18.1 Å². The van der Waals surface area contributed by atoms with Crippen LogP contribution in [-0.4, -0.2) is 31.6 Å². The number of ether oxygens (including phenoxy) is 1. The lowest BCUT2D eigenvalue weighted by Gasteiger charge is -2.16. The Morgan fingerprint density at radius 2 is 2.00 bits per heavy atom. The van der Waals surface area contributed by atoms with Crippen molar-refractivity contribution in [3.63, 3.8) is 0 Å². The predicted octanol–water partition coefficient (Wildman–Crippen LogP) is 5.02. The summed E-state index contributed by atoms with van der Waals surface area (Å²) >= 11 is 1.12. The molecule has 2 aromatic heterocycles. The second-order valence-corrected chi connectivity index (χ2v) is 9.93. The third kappa shape index (κ3) is 5.64. The molecular weight excluding hydrogens is 515 g/mol. The number of aromatic nitrogens is 2. The van der Waals surface area contributed by atoms with Crippen molar-refractivity contribution in [1.29, 1.82) is 10.7 Å². The minimum atomic E-state index is -3.98. The number of pyridine rings is 1. The van der Waals surface area contributed by atoms with Gasteiger partial charge in [-0.15, -0.1) is 11.3 Å². The molecule has 0 amide bonds. The number of thiazole rings is 1. The van der Waals surface area contributed by atoms with E-state index in [4.69, 9.17) is 10.1 Å². The summed E-state index contributed by atoms with van der Waals surface area (Å²) in [7, 11) is -2.33. The number of sulfonamides is 1. The Labute approximate surface area is 216 Å². The molecule has 0 radical (unpaired) electrons. The van der Waals surface area contributed by atoms with Crippen LogP contribution in [0.4, 0.5) is 9.52 Å². The highest BCUT2D eigenvalue weighted by Crippen LogP contribution is 2.34. The molecule has 2 aromatic carbocycles. The lowest BCUT2D eigenvalue weighted by molar-refractivity contribution is 0.476. The van der Waals surface area contributed by atoms with Crippen LogP contribution in [0.2, 0.25) is 0 Å². The van der Waals surface area contributed by atoms with Crippen molar-refractivity contribution in [2.24, 2.45) is 0 Å². The average molecular weight is 535 g/mol. The normalized spacial score (nSPS) is 11.4. The maximum Gasteiger partial charge on any atom is 0.263 e. The molecular formula is C25H19FN6O3S2. The second kappa shape index (κ2) is 11.0. The molecule has 0 bridgehead atoms. The van der Waals surface area contributed by atoms with Gasteiger partial charge in [-0.3, -0.25) is 9.71 Å². The number of nitrogens with one attached hydrogen (secondary N) is 3. The standard InChI is InChI=1S/C25H19FN6O3S2/c1-29-21(8-9-27)19-13-22(18-4-2-3-5-20(18)26)31-15-24(19)35-23-7-6-17(12-16(23)14-28)37(33,34)32-25-30-10-11-36-25/h2-13,15,27,29H,1H3,(H,30,32)/b21-8-,27-9?. The molecule has 0 saturated carbocycles. The average Bonchev–Trinajstić information content (AvgIpc) is 3.40. The SMILES string of the molecule is CN/C(=C\C=N)c1cc(-c2ccccc2F)ncc1Oc1ccc(S(=O)(=O)Nc2nccs2)cc1C#N. The number of nitrogens with zero attached hydrogens (tertiary/aromatic N) is 3. The third-order valence-corrected chi connectivity index (χ3v) is 7.24. The van der Waals surface area contributed by atoms with E-state index in [1.165, 1.54) is 42.7 Å². The third-order valence-electron chi connectivity index (χ3n) is 5.08. The minimum Gasteiger partial charge on any atom is -0.454 e. The molecule has 186 valence electrons. The summed E-state index contributed by atoms with van der Waals surface area (Å²) in [6, 6.07) is 13.6. The van der Waals surface area contributed by atoms with Gasteiger partial charge in [-0.1, -0.05) is 12.1 Å². The first-order valence-corrected chi connectivity index (χ1v) is 13.0. The van der Waals surface area contributed by atoms with E-state index >= 15 is 0 Å². The molecule has 12 heteroatoms. The summed E-state index contributed by atoms with van der Waals surface area (Å²) in [5, 5.41) is 22.0. The summed E-state index contributed by atoms with van der Waals surface area (Å²) in [5.41, 5.74) is 1.51. The fourth-order valence-corrected chi connectivity index (χ4v) is 5.18. The van der Waals surface area contributed by atoms with E-state index in [-0.39, 0.29) is 32.7 Å². The molecule has 0 spiro atoms. The van der Waals surface area contributed by atoms with Gasteiger partial charge in [0, 0.05) is 41.7 Å². The van der Waals surface area contributed by atoms with Gasteiger partial charge in [-0.2, -0.15) is 5.26 Å². The lowest BCUT2D eigenvalue weighted by Crippen LogP contribution is -2.13. The number of hydrogen-bond donors (Lipinski definition) is 3. The van der Waals surface area contributed by atoms with E-state index < -0.39 is 15.8 Å². The molecule has 4 aromatic rings. The Bertz CT molecular complexity index is 1630. The number of rotatable bonds is 9. The molecule has 0 aliphatic rings. The first kappa shape index (κ1) is 25.5. The van der Waals surface area contributed by atoms with Gasteiger partial charge in [0.25, 0.3) is 10.0 Å². The molecule has 0 atom stereocenters. The van der Waals surface area contributed by atoms with Crippen molar-refractivity contribution in [2.45, 2.75) is 4.90 Å². The number of allylic oxidation sites excluding steroid dienone is 1. The summed E-state index contributed by atoms with van der Waals surface area (Å²) in [6.45, 7) is 0. The minimum absolute atomic E-state index is 0.0341. The number of benzene rings is 2. The van der Waals surface area contributed by atoms with Gasteiger partial charge in [0.2, 0.25) is 0 Å². The van der Waals surface area contributed by atoms with Gasteiger partial charge < -0.3 is 15.5 Å². The smallest absolute Gasteiger partial charge is 0.263 e.